The van der Waals surface area contributed by atoms with Gasteiger partial charge >= 0.3 is 12.0 Å². The number of urea groups is 1. The molecule has 132 valence electrons. The molecule has 0 spiro atoms. The first-order valence-corrected chi connectivity index (χ1v) is 8.22. The van der Waals surface area contributed by atoms with Gasteiger partial charge in [-0.15, -0.1) is 0 Å². The fraction of sp³-hybridized carbons (Fsp3) is 0.263. The highest BCUT2D eigenvalue weighted by Gasteiger charge is 2.10. The van der Waals surface area contributed by atoms with E-state index in [9.17, 15) is 9.59 Å². The normalized spacial score (nSPS) is 10.0. The van der Waals surface area contributed by atoms with E-state index in [1.165, 1.54) is 0 Å². The monoisotopic (exact) mass is 342 g/mol. The van der Waals surface area contributed by atoms with E-state index in [4.69, 9.17) is 9.47 Å². The lowest BCUT2D eigenvalue weighted by molar-refractivity contribution is 0.0735. The van der Waals surface area contributed by atoms with Gasteiger partial charge in [0, 0.05) is 18.3 Å². The third kappa shape index (κ3) is 5.84. The Morgan fingerprint density at radius 1 is 1.00 bits per heavy atom. The largest absolute Gasteiger partial charge is 0.494 e. The van der Waals surface area contributed by atoms with Crippen LogP contribution < -0.4 is 20.1 Å². The van der Waals surface area contributed by atoms with Gasteiger partial charge in [-0.25, -0.2) is 9.59 Å². The summed E-state index contributed by atoms with van der Waals surface area (Å²) in [4.78, 5) is 23.9. The average Bonchev–Trinajstić information content (AvgIpc) is 2.61. The van der Waals surface area contributed by atoms with Crippen molar-refractivity contribution in [3.8, 4) is 11.5 Å². The van der Waals surface area contributed by atoms with Crippen molar-refractivity contribution in [2.75, 3.05) is 18.5 Å². The summed E-state index contributed by atoms with van der Waals surface area (Å²) in [7, 11) is 0. The van der Waals surface area contributed by atoms with Crippen LogP contribution in [0.4, 0.5) is 10.5 Å². The molecular formula is C19H22N2O4. The molecule has 0 aromatic heterocycles. The van der Waals surface area contributed by atoms with E-state index >= 15 is 0 Å². The predicted molar refractivity (Wildman–Crippen MR) is 96.3 cm³/mol. The highest BCUT2D eigenvalue weighted by molar-refractivity contribution is 5.92. The number of rotatable bonds is 7. The van der Waals surface area contributed by atoms with E-state index < -0.39 is 5.97 Å². The molecule has 0 unspecified atom stereocenters. The van der Waals surface area contributed by atoms with E-state index in [1.54, 1.807) is 48.5 Å². The van der Waals surface area contributed by atoms with Crippen molar-refractivity contribution in [3.05, 3.63) is 54.1 Å². The standard InChI is InChI=1S/C19H22N2O4/c1-3-12-20-19(23)21-15-6-5-7-17(13-15)25-18(22)14-8-10-16(11-9-14)24-4-2/h5-11,13H,3-4,12H2,1-2H3,(H2,20,21,23). The molecular weight excluding hydrogens is 320 g/mol. The molecule has 6 heteroatoms. The quantitative estimate of drug-likeness (QED) is 0.592. The summed E-state index contributed by atoms with van der Waals surface area (Å²) in [6.07, 6.45) is 0.854. The Morgan fingerprint density at radius 2 is 1.76 bits per heavy atom. The summed E-state index contributed by atoms with van der Waals surface area (Å²) in [6, 6.07) is 13.1. The number of benzene rings is 2. The van der Waals surface area contributed by atoms with E-state index in [0.29, 0.717) is 35.9 Å². The maximum Gasteiger partial charge on any atom is 0.343 e. The first-order valence-electron chi connectivity index (χ1n) is 8.22. The first-order chi connectivity index (χ1) is 12.1. The second kappa shape index (κ2) is 9.32. The van der Waals surface area contributed by atoms with Crippen LogP contribution in [0.2, 0.25) is 0 Å². The van der Waals surface area contributed by atoms with Crippen LogP contribution in [-0.4, -0.2) is 25.2 Å². The Hall–Kier alpha value is -3.02. The Kier molecular flexibility index (Phi) is 6.83. The molecule has 0 heterocycles. The van der Waals surface area contributed by atoms with Crippen LogP contribution >= 0.6 is 0 Å². The molecule has 0 radical (unpaired) electrons. The number of carbonyl (C=O) groups is 2. The van der Waals surface area contributed by atoms with Crippen molar-refractivity contribution in [1.82, 2.24) is 5.32 Å². The minimum absolute atomic E-state index is 0.295. The van der Waals surface area contributed by atoms with Crippen LogP contribution in [0.25, 0.3) is 0 Å². The third-order valence-corrected chi connectivity index (χ3v) is 3.24. The third-order valence-electron chi connectivity index (χ3n) is 3.24. The zero-order valence-corrected chi connectivity index (χ0v) is 14.4. The van der Waals surface area contributed by atoms with Gasteiger partial charge in [0.2, 0.25) is 0 Å². The van der Waals surface area contributed by atoms with Crippen molar-refractivity contribution < 1.29 is 19.1 Å². The maximum absolute atomic E-state index is 12.2. The molecule has 0 saturated heterocycles. The summed E-state index contributed by atoms with van der Waals surface area (Å²) in [5, 5.41) is 5.41. The van der Waals surface area contributed by atoms with Gasteiger partial charge in [0.05, 0.1) is 12.2 Å². The second-order valence-corrected chi connectivity index (χ2v) is 5.26. The van der Waals surface area contributed by atoms with Crippen LogP contribution in [0.15, 0.2) is 48.5 Å². The molecule has 0 aliphatic rings. The number of ether oxygens (including phenoxy) is 2. The Bertz CT molecular complexity index is 714. The Balaban J connectivity index is 1.98. The van der Waals surface area contributed by atoms with Gasteiger partial charge in [-0.1, -0.05) is 13.0 Å². The number of carbonyl (C=O) groups excluding carboxylic acids is 2. The van der Waals surface area contributed by atoms with Crippen molar-refractivity contribution in [3.63, 3.8) is 0 Å². The predicted octanol–water partition coefficient (Wildman–Crippen LogP) is 3.84. The van der Waals surface area contributed by atoms with Crippen molar-refractivity contribution in [2.45, 2.75) is 20.3 Å². The molecule has 2 rings (SSSR count). The molecule has 0 aliphatic heterocycles. The lowest BCUT2D eigenvalue weighted by atomic mass is 10.2. The number of nitrogens with one attached hydrogen (secondary N) is 2. The molecule has 0 saturated carbocycles. The van der Waals surface area contributed by atoms with E-state index in [1.807, 2.05) is 13.8 Å². The minimum atomic E-state index is -0.476. The Morgan fingerprint density at radius 3 is 2.44 bits per heavy atom. The van der Waals surface area contributed by atoms with Gasteiger partial charge < -0.3 is 20.1 Å². The van der Waals surface area contributed by atoms with Crippen molar-refractivity contribution >= 4 is 17.7 Å². The summed E-state index contributed by atoms with van der Waals surface area (Å²) in [5.74, 6) is 0.575. The van der Waals surface area contributed by atoms with Crippen LogP contribution in [0.5, 0.6) is 11.5 Å². The number of hydrogen-bond acceptors (Lipinski definition) is 4. The average molecular weight is 342 g/mol. The fourth-order valence-electron chi connectivity index (χ4n) is 2.07. The van der Waals surface area contributed by atoms with Crippen LogP contribution in [-0.2, 0) is 0 Å². The van der Waals surface area contributed by atoms with E-state index in [0.717, 1.165) is 6.42 Å². The zero-order chi connectivity index (χ0) is 18.1. The molecule has 0 bridgehead atoms. The van der Waals surface area contributed by atoms with Crippen LogP contribution in [0.3, 0.4) is 0 Å². The molecule has 6 nitrogen and oxygen atoms in total. The highest BCUT2D eigenvalue weighted by atomic mass is 16.5. The molecule has 25 heavy (non-hydrogen) atoms. The van der Waals surface area contributed by atoms with Gasteiger partial charge in [-0.3, -0.25) is 0 Å². The SMILES string of the molecule is CCCNC(=O)Nc1cccc(OC(=O)c2ccc(OCC)cc2)c1. The number of esters is 1. The lowest BCUT2D eigenvalue weighted by Crippen LogP contribution is -2.29. The fourth-order valence-corrected chi connectivity index (χ4v) is 2.07. The second-order valence-electron chi connectivity index (χ2n) is 5.26. The van der Waals surface area contributed by atoms with Gasteiger partial charge in [-0.05, 0) is 49.7 Å². The highest BCUT2D eigenvalue weighted by Crippen LogP contribution is 2.19. The number of hydrogen-bond donors (Lipinski definition) is 2. The van der Waals surface area contributed by atoms with Gasteiger partial charge in [0.1, 0.15) is 11.5 Å². The molecule has 0 atom stereocenters. The molecule has 2 aromatic rings. The number of anilines is 1. The summed E-state index contributed by atoms with van der Waals surface area (Å²) in [5.41, 5.74) is 0.966. The lowest BCUT2D eigenvalue weighted by Gasteiger charge is -2.09. The summed E-state index contributed by atoms with van der Waals surface area (Å²) in [6.45, 7) is 5.03. The Labute approximate surface area is 147 Å². The van der Waals surface area contributed by atoms with Crippen LogP contribution in [0, 0.1) is 0 Å². The van der Waals surface area contributed by atoms with Crippen molar-refractivity contribution in [1.29, 1.82) is 0 Å². The number of amides is 2. The molecule has 2 aromatic carbocycles. The zero-order valence-electron chi connectivity index (χ0n) is 14.4. The van der Waals surface area contributed by atoms with Gasteiger partial charge in [0.25, 0.3) is 0 Å². The molecule has 0 fully saturated rings. The topological polar surface area (TPSA) is 76.7 Å². The van der Waals surface area contributed by atoms with Gasteiger partial charge in [-0.2, -0.15) is 0 Å². The molecule has 2 N–H and O–H groups in total. The summed E-state index contributed by atoms with van der Waals surface area (Å²) >= 11 is 0. The van der Waals surface area contributed by atoms with E-state index in [-0.39, 0.29) is 6.03 Å². The smallest absolute Gasteiger partial charge is 0.343 e. The van der Waals surface area contributed by atoms with Gasteiger partial charge in [0.15, 0.2) is 0 Å². The molecule has 0 aliphatic carbocycles. The van der Waals surface area contributed by atoms with Crippen molar-refractivity contribution in [2.24, 2.45) is 0 Å². The maximum atomic E-state index is 12.2. The minimum Gasteiger partial charge on any atom is -0.494 e. The molecule has 2 amide bonds. The summed E-state index contributed by atoms with van der Waals surface area (Å²) < 4.78 is 10.7. The van der Waals surface area contributed by atoms with Crippen LogP contribution in [0.1, 0.15) is 30.6 Å². The first kappa shape index (κ1) is 18.3. The van der Waals surface area contributed by atoms with E-state index in [2.05, 4.69) is 10.6 Å².